The van der Waals surface area contributed by atoms with E-state index in [9.17, 15) is 13.2 Å². The van der Waals surface area contributed by atoms with Crippen LogP contribution in [0.2, 0.25) is 0 Å². The van der Waals surface area contributed by atoms with E-state index in [1.54, 1.807) is 36.4 Å². The molecule has 1 heterocycles. The Balaban J connectivity index is 1.52. The van der Waals surface area contributed by atoms with Gasteiger partial charge in [0.15, 0.2) is 0 Å². The Morgan fingerprint density at radius 1 is 1.08 bits per heavy atom. The van der Waals surface area contributed by atoms with Crippen LogP contribution in [-0.2, 0) is 14.8 Å². The highest BCUT2D eigenvalue weighted by molar-refractivity contribution is 8.00. The molecule has 0 spiro atoms. The number of rotatable bonds is 9. The first-order valence-corrected chi connectivity index (χ1v) is 14.2. The number of nitrogens with zero attached hydrogens (tertiary/aromatic N) is 2. The summed E-state index contributed by atoms with van der Waals surface area (Å²) in [6.07, 6.45) is 1.74. The third-order valence-corrected chi connectivity index (χ3v) is 8.90. The van der Waals surface area contributed by atoms with Crippen molar-refractivity contribution in [1.82, 2.24) is 5.43 Å². The molecule has 0 bridgehead atoms. The molecular weight excluding hydrogens is 494 g/mol. The lowest BCUT2D eigenvalue weighted by Gasteiger charge is -2.26. The number of aryl methyl sites for hydroxylation is 2. The van der Waals surface area contributed by atoms with Gasteiger partial charge in [0.25, 0.3) is 15.9 Å². The smallest absolute Gasteiger partial charge is 0.264 e. The molecule has 7 nitrogen and oxygen atoms in total. The maximum Gasteiger partial charge on any atom is 0.264 e. The van der Waals surface area contributed by atoms with E-state index in [1.807, 2.05) is 62.9 Å². The average molecular weight is 524 g/mol. The fourth-order valence-corrected chi connectivity index (χ4v) is 5.67. The van der Waals surface area contributed by atoms with E-state index in [-0.39, 0.29) is 11.0 Å². The highest BCUT2D eigenvalue weighted by atomic mass is 32.2. The number of thioether (sulfide) groups is 1. The lowest BCUT2D eigenvalue weighted by molar-refractivity contribution is -0.119. The van der Waals surface area contributed by atoms with Gasteiger partial charge in [-0.15, -0.1) is 0 Å². The van der Waals surface area contributed by atoms with E-state index >= 15 is 0 Å². The van der Waals surface area contributed by atoms with E-state index < -0.39 is 22.5 Å². The first kappa shape index (κ1) is 25.8. The van der Waals surface area contributed by atoms with Gasteiger partial charge in [-0.25, -0.2) is 13.8 Å². The maximum atomic E-state index is 13.6. The van der Waals surface area contributed by atoms with Crippen LogP contribution in [0.1, 0.15) is 22.3 Å². The largest absolute Gasteiger partial charge is 0.489 e. The number of carbonyl (C=O) groups is 1. The monoisotopic (exact) mass is 523 g/mol. The molecule has 1 N–H and O–H groups in total. The number of ether oxygens (including phenoxy) is 1. The summed E-state index contributed by atoms with van der Waals surface area (Å²) in [5.41, 5.74) is 6.33. The molecule has 1 aliphatic heterocycles. The molecule has 3 aromatic rings. The second-order valence-corrected chi connectivity index (χ2v) is 11.6. The van der Waals surface area contributed by atoms with E-state index in [2.05, 4.69) is 10.5 Å². The normalized spacial score (nSPS) is 13.9. The molecule has 188 valence electrons. The van der Waals surface area contributed by atoms with E-state index in [1.165, 1.54) is 6.21 Å². The maximum absolute atomic E-state index is 13.6. The number of amides is 1. The van der Waals surface area contributed by atoms with Gasteiger partial charge in [0.2, 0.25) is 0 Å². The molecular formula is C27H29N3O4S2. The number of hydrazone groups is 1. The number of nitrogens with one attached hydrogen (secondary N) is 1. The predicted octanol–water partition coefficient (Wildman–Crippen LogP) is 4.45. The minimum atomic E-state index is -3.99. The quantitative estimate of drug-likeness (QED) is 0.331. The first-order chi connectivity index (χ1) is 17.2. The summed E-state index contributed by atoms with van der Waals surface area (Å²) in [7, 11) is -3.99. The SMILES string of the molecule is Cc1ccc(S(=O)(=O)N(CC(=O)N/N=C\c2cccc(OC3CSC3)c2)c2cccc(C)c2C)cc1. The number of hydrogen-bond donors (Lipinski definition) is 1. The standard InChI is InChI=1S/C27H29N3O4S2/c1-19-10-12-25(13-11-19)36(32,33)30(26-9-4-6-20(2)21(26)3)16-27(31)29-28-15-22-7-5-8-23(14-22)34-24-17-35-18-24/h4-15,24H,16-18H2,1-3H3,(H,29,31)/b28-15-. The Morgan fingerprint density at radius 3 is 2.50 bits per heavy atom. The summed E-state index contributed by atoms with van der Waals surface area (Å²) in [5.74, 6) is 2.16. The van der Waals surface area contributed by atoms with Crippen LogP contribution in [0.15, 0.2) is 76.7 Å². The van der Waals surface area contributed by atoms with Crippen LogP contribution in [0.25, 0.3) is 0 Å². The summed E-state index contributed by atoms with van der Waals surface area (Å²) < 4.78 is 34.2. The van der Waals surface area contributed by atoms with Crippen molar-refractivity contribution >= 4 is 39.6 Å². The zero-order valence-electron chi connectivity index (χ0n) is 20.5. The molecule has 9 heteroatoms. The molecule has 1 aliphatic rings. The van der Waals surface area contributed by atoms with E-state index in [0.29, 0.717) is 5.69 Å². The molecule has 0 saturated carbocycles. The Morgan fingerprint density at radius 2 is 1.81 bits per heavy atom. The molecule has 0 atom stereocenters. The zero-order chi connectivity index (χ0) is 25.7. The molecule has 4 rings (SSSR count). The van der Waals surface area contributed by atoms with Gasteiger partial charge in [0.1, 0.15) is 18.4 Å². The van der Waals surface area contributed by atoms with Gasteiger partial charge >= 0.3 is 0 Å². The van der Waals surface area contributed by atoms with Crippen molar-refractivity contribution < 1.29 is 17.9 Å². The number of sulfonamides is 1. The molecule has 0 aromatic heterocycles. The lowest BCUT2D eigenvalue weighted by Crippen LogP contribution is -2.40. The summed E-state index contributed by atoms with van der Waals surface area (Å²) in [5, 5.41) is 4.04. The van der Waals surface area contributed by atoms with Crippen molar-refractivity contribution in [1.29, 1.82) is 0 Å². The third-order valence-electron chi connectivity index (χ3n) is 5.91. The minimum Gasteiger partial charge on any atom is -0.489 e. The van der Waals surface area contributed by atoms with Crippen LogP contribution in [0.5, 0.6) is 5.75 Å². The fourth-order valence-electron chi connectivity index (χ4n) is 3.63. The second kappa shape index (κ2) is 11.2. The Hall–Kier alpha value is -3.30. The lowest BCUT2D eigenvalue weighted by atomic mass is 10.1. The predicted molar refractivity (Wildman–Crippen MR) is 146 cm³/mol. The number of benzene rings is 3. The summed E-state index contributed by atoms with van der Waals surface area (Å²) in [6, 6.07) is 19.4. The van der Waals surface area contributed by atoms with E-state index in [4.69, 9.17) is 4.74 Å². The average Bonchev–Trinajstić information content (AvgIpc) is 2.82. The van der Waals surface area contributed by atoms with Gasteiger partial charge in [-0.2, -0.15) is 16.9 Å². The highest BCUT2D eigenvalue weighted by Crippen LogP contribution is 2.28. The van der Waals surface area contributed by atoms with Gasteiger partial charge in [-0.3, -0.25) is 9.10 Å². The molecule has 0 radical (unpaired) electrons. The summed E-state index contributed by atoms with van der Waals surface area (Å²) in [4.78, 5) is 13.0. The topological polar surface area (TPSA) is 88.1 Å². The molecule has 1 amide bonds. The zero-order valence-corrected chi connectivity index (χ0v) is 22.1. The molecule has 36 heavy (non-hydrogen) atoms. The van der Waals surface area contributed by atoms with Gasteiger partial charge in [0.05, 0.1) is 16.8 Å². The van der Waals surface area contributed by atoms with Crippen LogP contribution < -0.4 is 14.5 Å². The van der Waals surface area contributed by atoms with Crippen molar-refractivity contribution in [2.24, 2.45) is 5.10 Å². The van der Waals surface area contributed by atoms with Gasteiger partial charge in [-0.05, 0) is 67.8 Å². The van der Waals surface area contributed by atoms with Gasteiger partial charge in [-0.1, -0.05) is 42.0 Å². The minimum absolute atomic E-state index is 0.118. The Labute approximate surface area is 216 Å². The van der Waals surface area contributed by atoms with Crippen LogP contribution in [0.4, 0.5) is 5.69 Å². The molecule has 0 aliphatic carbocycles. The molecule has 0 unspecified atom stereocenters. The van der Waals surface area contributed by atoms with Gasteiger partial charge < -0.3 is 4.74 Å². The fraction of sp³-hybridized carbons (Fsp3) is 0.259. The first-order valence-electron chi connectivity index (χ1n) is 11.6. The number of anilines is 1. The van der Waals surface area contributed by atoms with Crippen LogP contribution in [0.3, 0.4) is 0 Å². The molecule has 1 fully saturated rings. The van der Waals surface area contributed by atoms with Crippen molar-refractivity contribution in [3.8, 4) is 5.75 Å². The third kappa shape index (κ3) is 6.09. The number of carbonyl (C=O) groups excluding carboxylic acids is 1. The van der Waals surface area contributed by atoms with Crippen molar-refractivity contribution in [3.63, 3.8) is 0 Å². The number of hydrogen-bond acceptors (Lipinski definition) is 6. The van der Waals surface area contributed by atoms with Crippen molar-refractivity contribution in [3.05, 3.63) is 89.0 Å². The molecule has 3 aromatic carbocycles. The van der Waals surface area contributed by atoms with E-state index in [0.717, 1.165) is 43.8 Å². The van der Waals surface area contributed by atoms with Crippen LogP contribution >= 0.6 is 11.8 Å². The Kier molecular flexibility index (Phi) is 8.01. The second-order valence-electron chi connectivity index (χ2n) is 8.69. The molecule has 1 saturated heterocycles. The highest BCUT2D eigenvalue weighted by Gasteiger charge is 2.28. The summed E-state index contributed by atoms with van der Waals surface area (Å²) >= 11 is 1.85. The van der Waals surface area contributed by atoms with Crippen molar-refractivity contribution in [2.45, 2.75) is 31.8 Å². The van der Waals surface area contributed by atoms with Gasteiger partial charge in [0, 0.05) is 11.5 Å². The van der Waals surface area contributed by atoms with Crippen LogP contribution in [0, 0.1) is 20.8 Å². The Bertz CT molecular complexity index is 1370. The summed E-state index contributed by atoms with van der Waals surface area (Å²) in [6.45, 7) is 5.22. The van der Waals surface area contributed by atoms with Crippen molar-refractivity contribution in [2.75, 3.05) is 22.4 Å². The van der Waals surface area contributed by atoms with Crippen LogP contribution in [-0.4, -0.2) is 44.7 Å².